The summed E-state index contributed by atoms with van der Waals surface area (Å²) in [7, 11) is -1.25. The molecule has 17 heavy (non-hydrogen) atoms. The summed E-state index contributed by atoms with van der Waals surface area (Å²) in [5, 5.41) is 4.00. The van der Waals surface area contributed by atoms with Crippen LogP contribution in [0.25, 0.3) is 0 Å². The maximum absolute atomic E-state index is 13.0. The monoisotopic (exact) mass is 269 g/mol. The molecule has 2 aromatic rings. The molecule has 1 unspecified atom stereocenters. The van der Waals surface area contributed by atoms with Gasteiger partial charge in [0.2, 0.25) is 0 Å². The van der Waals surface area contributed by atoms with Crippen LogP contribution < -0.4 is 5.73 Å². The molecule has 2 N–H and O–H groups in total. The Balaban J connectivity index is 2.07. The van der Waals surface area contributed by atoms with Crippen LogP contribution in [0, 0.1) is 5.82 Å². The van der Waals surface area contributed by atoms with Crippen LogP contribution in [0.2, 0.25) is 0 Å². The van der Waals surface area contributed by atoms with Gasteiger partial charge in [-0.25, -0.2) is 4.39 Å². The number of aryl methyl sites for hydroxylation is 1. The number of halogens is 1. The largest absolute Gasteiger partial charge is 0.398 e. The van der Waals surface area contributed by atoms with Gasteiger partial charge in [-0.15, -0.1) is 0 Å². The van der Waals surface area contributed by atoms with Crippen LogP contribution in [0.3, 0.4) is 0 Å². The zero-order valence-corrected chi connectivity index (χ0v) is 10.7. The van der Waals surface area contributed by atoms with Gasteiger partial charge in [0.05, 0.1) is 15.7 Å². The second-order valence-electron chi connectivity index (χ2n) is 3.61. The molecule has 0 amide bonds. The van der Waals surface area contributed by atoms with E-state index in [4.69, 9.17) is 5.73 Å². The Morgan fingerprint density at radius 1 is 1.35 bits per heavy atom. The molecule has 2 rings (SSSR count). The molecule has 2 nitrogen and oxygen atoms in total. The minimum atomic E-state index is -1.25. The lowest BCUT2D eigenvalue weighted by molar-refractivity contribution is 0.623. The second-order valence-corrected chi connectivity index (χ2v) is 5.93. The minimum absolute atomic E-state index is 0.384. The number of hydrogen-bond donors (Lipinski definition) is 1. The van der Waals surface area contributed by atoms with Crippen LogP contribution in [-0.4, -0.2) is 9.96 Å². The van der Waals surface area contributed by atoms with Crippen molar-refractivity contribution >= 4 is 27.8 Å². The predicted octanol–water partition coefficient (Wildman–Crippen LogP) is 2.82. The van der Waals surface area contributed by atoms with E-state index in [9.17, 15) is 8.60 Å². The Kier molecular flexibility index (Phi) is 3.91. The maximum Gasteiger partial charge on any atom is 0.124 e. The highest BCUT2D eigenvalue weighted by molar-refractivity contribution is 7.85. The Bertz CT molecular complexity index is 525. The van der Waals surface area contributed by atoms with Crippen LogP contribution >= 0.6 is 11.3 Å². The van der Waals surface area contributed by atoms with Crippen molar-refractivity contribution < 1.29 is 8.60 Å². The molecule has 0 saturated carbocycles. The number of hydrogen-bond acceptors (Lipinski definition) is 3. The first kappa shape index (κ1) is 12.3. The molecule has 0 saturated heterocycles. The van der Waals surface area contributed by atoms with Crippen LogP contribution in [0.4, 0.5) is 10.1 Å². The molecule has 5 heteroatoms. The highest BCUT2D eigenvalue weighted by Crippen LogP contribution is 2.19. The Morgan fingerprint density at radius 2 is 2.18 bits per heavy atom. The lowest BCUT2D eigenvalue weighted by Gasteiger charge is -2.05. The van der Waals surface area contributed by atoms with Crippen LogP contribution in [0.15, 0.2) is 39.9 Å². The zero-order chi connectivity index (χ0) is 12.3. The van der Waals surface area contributed by atoms with Crippen molar-refractivity contribution in [2.24, 2.45) is 0 Å². The van der Waals surface area contributed by atoms with Gasteiger partial charge in [-0.1, -0.05) is 0 Å². The van der Waals surface area contributed by atoms with Crippen molar-refractivity contribution in [2.75, 3.05) is 11.5 Å². The van der Waals surface area contributed by atoms with Crippen molar-refractivity contribution in [2.45, 2.75) is 11.3 Å². The van der Waals surface area contributed by atoms with Gasteiger partial charge in [0.25, 0.3) is 0 Å². The smallest absolute Gasteiger partial charge is 0.124 e. The Labute approximate surface area is 106 Å². The number of anilines is 1. The molecule has 1 aromatic heterocycles. The first-order valence-corrected chi connectivity index (χ1v) is 7.37. The number of thiophene rings is 1. The lowest BCUT2D eigenvalue weighted by atomic mass is 10.3. The van der Waals surface area contributed by atoms with Crippen molar-refractivity contribution in [3.63, 3.8) is 0 Å². The minimum Gasteiger partial charge on any atom is -0.398 e. The lowest BCUT2D eigenvalue weighted by Crippen LogP contribution is -2.04. The summed E-state index contributed by atoms with van der Waals surface area (Å²) in [6.45, 7) is 0. The fourth-order valence-corrected chi connectivity index (χ4v) is 3.38. The summed E-state index contributed by atoms with van der Waals surface area (Å²) in [5.41, 5.74) is 7.22. The molecule has 0 aliphatic heterocycles. The SMILES string of the molecule is Nc1ccc(F)cc1S(=O)CCc1ccsc1. The van der Waals surface area contributed by atoms with Gasteiger partial charge in [0, 0.05) is 11.4 Å². The summed E-state index contributed by atoms with van der Waals surface area (Å²) in [4.78, 5) is 0.389. The van der Waals surface area contributed by atoms with E-state index in [-0.39, 0.29) is 0 Å². The molecule has 0 aliphatic rings. The molecule has 90 valence electrons. The van der Waals surface area contributed by atoms with Gasteiger partial charge in [0.15, 0.2) is 0 Å². The normalized spacial score (nSPS) is 12.5. The summed E-state index contributed by atoms with van der Waals surface area (Å²) >= 11 is 1.61. The standard InChI is InChI=1S/C12H12FNOS2/c13-10-1-2-11(14)12(7-10)17(15)6-4-9-3-5-16-8-9/h1-3,5,7-8H,4,6,14H2. The summed E-state index contributed by atoms with van der Waals surface area (Å²) in [6.07, 6.45) is 0.714. The van der Waals surface area contributed by atoms with E-state index in [0.29, 0.717) is 22.8 Å². The van der Waals surface area contributed by atoms with Crippen molar-refractivity contribution in [3.05, 3.63) is 46.4 Å². The van der Waals surface area contributed by atoms with Crippen molar-refractivity contribution in [3.8, 4) is 0 Å². The Hall–Kier alpha value is -1.20. The molecule has 0 fully saturated rings. The molecular formula is C12H12FNOS2. The van der Waals surface area contributed by atoms with Crippen LogP contribution in [-0.2, 0) is 17.2 Å². The van der Waals surface area contributed by atoms with E-state index in [2.05, 4.69) is 0 Å². The van der Waals surface area contributed by atoms with E-state index in [1.54, 1.807) is 11.3 Å². The van der Waals surface area contributed by atoms with Gasteiger partial charge in [-0.05, 0) is 47.0 Å². The van der Waals surface area contributed by atoms with Gasteiger partial charge >= 0.3 is 0 Å². The van der Waals surface area contributed by atoms with Crippen LogP contribution in [0.5, 0.6) is 0 Å². The number of rotatable bonds is 4. The highest BCUT2D eigenvalue weighted by atomic mass is 32.2. The summed E-state index contributed by atoms with van der Waals surface area (Å²) in [5.74, 6) is 0.0581. The summed E-state index contributed by atoms with van der Waals surface area (Å²) < 4.78 is 25.0. The summed E-state index contributed by atoms with van der Waals surface area (Å²) in [6, 6.07) is 5.97. The van der Waals surface area contributed by atoms with Gasteiger partial charge in [-0.2, -0.15) is 11.3 Å². The third-order valence-corrected chi connectivity index (χ3v) is 4.53. The number of nitrogen functional groups attached to an aromatic ring is 1. The molecule has 0 bridgehead atoms. The zero-order valence-electron chi connectivity index (χ0n) is 9.06. The van der Waals surface area contributed by atoms with Gasteiger partial charge in [0.1, 0.15) is 5.82 Å². The number of nitrogens with two attached hydrogens (primary N) is 1. The highest BCUT2D eigenvalue weighted by Gasteiger charge is 2.09. The van der Waals surface area contributed by atoms with E-state index in [0.717, 1.165) is 5.56 Å². The van der Waals surface area contributed by atoms with E-state index >= 15 is 0 Å². The van der Waals surface area contributed by atoms with Crippen LogP contribution in [0.1, 0.15) is 5.56 Å². The fraction of sp³-hybridized carbons (Fsp3) is 0.167. The fourth-order valence-electron chi connectivity index (χ4n) is 1.46. The molecular weight excluding hydrogens is 257 g/mol. The molecule has 0 spiro atoms. The van der Waals surface area contributed by atoms with Crippen molar-refractivity contribution in [1.29, 1.82) is 0 Å². The topological polar surface area (TPSA) is 43.1 Å². The first-order valence-electron chi connectivity index (χ1n) is 5.11. The average Bonchev–Trinajstić information content (AvgIpc) is 2.82. The third kappa shape index (κ3) is 3.14. The van der Waals surface area contributed by atoms with E-state index in [1.807, 2.05) is 16.8 Å². The molecule has 0 radical (unpaired) electrons. The van der Waals surface area contributed by atoms with Gasteiger partial charge in [-0.3, -0.25) is 4.21 Å². The molecule has 1 aromatic carbocycles. The van der Waals surface area contributed by atoms with E-state index in [1.165, 1.54) is 18.2 Å². The molecule has 1 atom stereocenters. The predicted molar refractivity (Wildman–Crippen MR) is 70.1 cm³/mol. The molecule has 0 aliphatic carbocycles. The molecule has 1 heterocycles. The second kappa shape index (κ2) is 5.42. The van der Waals surface area contributed by atoms with E-state index < -0.39 is 16.6 Å². The number of benzene rings is 1. The maximum atomic E-state index is 13.0. The Morgan fingerprint density at radius 3 is 2.88 bits per heavy atom. The van der Waals surface area contributed by atoms with Crippen molar-refractivity contribution in [1.82, 2.24) is 0 Å². The average molecular weight is 269 g/mol. The first-order chi connectivity index (χ1) is 8.16. The third-order valence-electron chi connectivity index (χ3n) is 2.38. The van der Waals surface area contributed by atoms with Gasteiger partial charge < -0.3 is 5.73 Å². The quantitative estimate of drug-likeness (QED) is 0.867.